The molecule has 0 aliphatic rings. The Morgan fingerprint density at radius 2 is 2.21 bits per heavy atom. The van der Waals surface area contributed by atoms with E-state index in [1.807, 2.05) is 0 Å². The van der Waals surface area contributed by atoms with E-state index in [1.165, 1.54) is 25.1 Å². The standard InChI is InChI=1S/C11H12BrNO6/c1-11(15,10(14)18-2)6-19-9-5-7(13(16)17)3-4-8(9)12/h3-5,15H,6H2,1-2H3. The Morgan fingerprint density at radius 1 is 1.58 bits per heavy atom. The minimum atomic E-state index is -1.83. The van der Waals surface area contributed by atoms with Gasteiger partial charge in [0.05, 0.1) is 22.6 Å². The second kappa shape index (κ2) is 5.98. The van der Waals surface area contributed by atoms with Crippen molar-refractivity contribution in [2.45, 2.75) is 12.5 Å². The minimum Gasteiger partial charge on any atom is -0.489 e. The summed E-state index contributed by atoms with van der Waals surface area (Å²) in [5, 5.41) is 20.4. The second-order valence-electron chi connectivity index (χ2n) is 3.93. The van der Waals surface area contributed by atoms with Crippen LogP contribution in [0.2, 0.25) is 0 Å². The van der Waals surface area contributed by atoms with E-state index in [1.54, 1.807) is 0 Å². The van der Waals surface area contributed by atoms with Crippen molar-refractivity contribution in [2.24, 2.45) is 0 Å². The fraction of sp³-hybridized carbons (Fsp3) is 0.364. The fourth-order valence-corrected chi connectivity index (χ4v) is 1.57. The first kappa shape index (κ1) is 15.4. The van der Waals surface area contributed by atoms with Crippen LogP contribution in [-0.2, 0) is 9.53 Å². The third-order valence-corrected chi connectivity index (χ3v) is 2.91. The number of carbonyl (C=O) groups is 1. The van der Waals surface area contributed by atoms with Gasteiger partial charge in [0, 0.05) is 6.07 Å². The number of rotatable bonds is 5. The highest BCUT2D eigenvalue weighted by atomic mass is 79.9. The maximum absolute atomic E-state index is 11.2. The lowest BCUT2D eigenvalue weighted by atomic mass is 10.1. The maximum atomic E-state index is 11.2. The van der Waals surface area contributed by atoms with Crippen LogP contribution in [0.25, 0.3) is 0 Å². The Labute approximate surface area is 117 Å². The second-order valence-corrected chi connectivity index (χ2v) is 4.78. The van der Waals surface area contributed by atoms with Crippen LogP contribution in [0.4, 0.5) is 5.69 Å². The number of esters is 1. The number of nitro benzene ring substituents is 1. The Morgan fingerprint density at radius 3 is 2.74 bits per heavy atom. The first-order chi connectivity index (χ1) is 8.77. The van der Waals surface area contributed by atoms with Gasteiger partial charge in [0.2, 0.25) is 0 Å². The maximum Gasteiger partial charge on any atom is 0.341 e. The van der Waals surface area contributed by atoms with Gasteiger partial charge in [-0.3, -0.25) is 10.1 Å². The molecule has 0 saturated carbocycles. The largest absolute Gasteiger partial charge is 0.489 e. The van der Waals surface area contributed by atoms with E-state index in [0.29, 0.717) is 4.47 Å². The summed E-state index contributed by atoms with van der Waals surface area (Å²) in [5.74, 6) is -0.701. The molecule has 0 amide bonds. The number of nitro groups is 1. The van der Waals surface area contributed by atoms with Crippen LogP contribution in [0, 0.1) is 10.1 Å². The van der Waals surface area contributed by atoms with Crippen LogP contribution in [-0.4, -0.2) is 35.3 Å². The van der Waals surface area contributed by atoms with Crippen molar-refractivity contribution in [3.8, 4) is 5.75 Å². The van der Waals surface area contributed by atoms with Crippen LogP contribution in [0.5, 0.6) is 5.75 Å². The molecule has 7 nitrogen and oxygen atoms in total. The minimum absolute atomic E-state index is 0.151. The zero-order chi connectivity index (χ0) is 14.6. The highest BCUT2D eigenvalue weighted by Gasteiger charge is 2.32. The van der Waals surface area contributed by atoms with Crippen LogP contribution in [0.1, 0.15) is 6.92 Å². The predicted molar refractivity (Wildman–Crippen MR) is 68.9 cm³/mol. The molecule has 0 aliphatic heterocycles. The molecule has 1 rings (SSSR count). The molecule has 0 fully saturated rings. The van der Waals surface area contributed by atoms with Gasteiger partial charge in [0.25, 0.3) is 5.69 Å². The van der Waals surface area contributed by atoms with Crippen LogP contribution < -0.4 is 4.74 Å². The molecule has 0 heterocycles. The molecule has 0 bridgehead atoms. The average molecular weight is 334 g/mol. The molecular formula is C11H12BrNO6. The summed E-state index contributed by atoms with van der Waals surface area (Å²) in [6.45, 7) is 0.837. The topological polar surface area (TPSA) is 98.9 Å². The fourth-order valence-electron chi connectivity index (χ4n) is 1.21. The molecular weight excluding hydrogens is 322 g/mol. The summed E-state index contributed by atoms with van der Waals surface area (Å²) >= 11 is 3.16. The number of hydrogen-bond donors (Lipinski definition) is 1. The number of benzene rings is 1. The van der Waals surface area contributed by atoms with E-state index in [-0.39, 0.29) is 18.0 Å². The summed E-state index contributed by atoms with van der Waals surface area (Å²) in [6, 6.07) is 3.94. The SMILES string of the molecule is COC(=O)C(C)(O)COc1cc([N+](=O)[O-])ccc1Br. The number of methoxy groups -OCH3 is 1. The molecule has 1 unspecified atom stereocenters. The number of carbonyl (C=O) groups excluding carboxylic acids is 1. The lowest BCUT2D eigenvalue weighted by Crippen LogP contribution is -2.42. The van der Waals surface area contributed by atoms with E-state index in [2.05, 4.69) is 20.7 Å². The molecule has 1 aromatic carbocycles. The molecule has 104 valence electrons. The Bertz CT molecular complexity index is 502. The number of aliphatic hydroxyl groups is 1. The van der Waals surface area contributed by atoms with E-state index in [9.17, 15) is 20.0 Å². The molecule has 8 heteroatoms. The molecule has 19 heavy (non-hydrogen) atoms. The molecule has 1 N–H and O–H groups in total. The van der Waals surface area contributed by atoms with Crippen LogP contribution >= 0.6 is 15.9 Å². The first-order valence-corrected chi connectivity index (χ1v) is 5.95. The molecule has 0 aromatic heterocycles. The van der Waals surface area contributed by atoms with E-state index in [4.69, 9.17) is 4.74 Å². The Kier molecular flexibility index (Phi) is 4.84. The zero-order valence-corrected chi connectivity index (χ0v) is 11.8. The van der Waals surface area contributed by atoms with Gasteiger partial charge in [-0.25, -0.2) is 4.79 Å². The van der Waals surface area contributed by atoms with Crippen molar-refractivity contribution in [1.82, 2.24) is 0 Å². The van der Waals surface area contributed by atoms with E-state index >= 15 is 0 Å². The van der Waals surface area contributed by atoms with Gasteiger partial charge in [0.1, 0.15) is 12.4 Å². The molecule has 0 spiro atoms. The van der Waals surface area contributed by atoms with E-state index < -0.39 is 16.5 Å². The van der Waals surface area contributed by atoms with Gasteiger partial charge in [-0.05, 0) is 28.9 Å². The lowest BCUT2D eigenvalue weighted by molar-refractivity contribution is -0.385. The Hall–Kier alpha value is -1.67. The van der Waals surface area contributed by atoms with Gasteiger partial charge in [-0.1, -0.05) is 0 Å². The average Bonchev–Trinajstić information content (AvgIpc) is 2.36. The van der Waals surface area contributed by atoms with Crippen molar-refractivity contribution >= 4 is 27.6 Å². The summed E-state index contributed by atoms with van der Waals surface area (Å²) in [5.41, 5.74) is -1.99. The number of non-ortho nitro benzene ring substituents is 1. The number of ether oxygens (including phenoxy) is 2. The van der Waals surface area contributed by atoms with Crippen molar-refractivity contribution in [2.75, 3.05) is 13.7 Å². The van der Waals surface area contributed by atoms with Crippen LogP contribution in [0.3, 0.4) is 0 Å². The summed E-state index contributed by atoms with van der Waals surface area (Å²) in [7, 11) is 1.14. The lowest BCUT2D eigenvalue weighted by Gasteiger charge is -2.20. The molecule has 1 aromatic rings. The summed E-state index contributed by atoms with van der Waals surface area (Å²) < 4.78 is 10.1. The molecule has 0 radical (unpaired) electrons. The van der Waals surface area contributed by atoms with Crippen molar-refractivity contribution in [3.63, 3.8) is 0 Å². The van der Waals surface area contributed by atoms with Crippen molar-refractivity contribution < 1.29 is 24.3 Å². The highest BCUT2D eigenvalue weighted by Crippen LogP contribution is 2.29. The molecule has 0 saturated heterocycles. The zero-order valence-electron chi connectivity index (χ0n) is 10.3. The third-order valence-electron chi connectivity index (χ3n) is 2.26. The van der Waals surface area contributed by atoms with Gasteiger partial charge >= 0.3 is 5.97 Å². The third kappa shape index (κ3) is 3.90. The van der Waals surface area contributed by atoms with Gasteiger partial charge in [-0.15, -0.1) is 0 Å². The highest BCUT2D eigenvalue weighted by molar-refractivity contribution is 9.10. The quantitative estimate of drug-likeness (QED) is 0.499. The smallest absolute Gasteiger partial charge is 0.341 e. The van der Waals surface area contributed by atoms with Crippen molar-refractivity contribution in [1.29, 1.82) is 0 Å². The normalized spacial score (nSPS) is 13.5. The summed E-state index contributed by atoms with van der Waals surface area (Å²) in [4.78, 5) is 21.3. The predicted octanol–water partition coefficient (Wildman–Crippen LogP) is 1.66. The first-order valence-electron chi connectivity index (χ1n) is 5.15. The van der Waals surface area contributed by atoms with Crippen molar-refractivity contribution in [3.05, 3.63) is 32.8 Å². The number of halogens is 1. The monoisotopic (exact) mass is 333 g/mol. The molecule has 0 aliphatic carbocycles. The van der Waals surface area contributed by atoms with Gasteiger partial charge < -0.3 is 14.6 Å². The number of hydrogen-bond acceptors (Lipinski definition) is 6. The molecule has 1 atom stereocenters. The van der Waals surface area contributed by atoms with Gasteiger partial charge in [-0.2, -0.15) is 0 Å². The van der Waals surface area contributed by atoms with E-state index in [0.717, 1.165) is 7.11 Å². The Balaban J connectivity index is 2.85. The number of nitrogens with zero attached hydrogens (tertiary/aromatic N) is 1. The van der Waals surface area contributed by atoms with Crippen LogP contribution in [0.15, 0.2) is 22.7 Å². The summed E-state index contributed by atoms with van der Waals surface area (Å²) in [6.07, 6.45) is 0. The van der Waals surface area contributed by atoms with Gasteiger partial charge in [0.15, 0.2) is 5.60 Å².